The van der Waals surface area contributed by atoms with Gasteiger partial charge in [-0.05, 0) is 53.3 Å². The zero-order valence-corrected chi connectivity index (χ0v) is 21.0. The third-order valence-corrected chi connectivity index (χ3v) is 6.29. The molecule has 1 unspecified atom stereocenters. The number of ketones is 1. The first-order valence-electron chi connectivity index (χ1n) is 12.3. The lowest BCUT2D eigenvalue weighted by Crippen LogP contribution is -2.24. The molecule has 0 saturated carbocycles. The number of rotatable bonds is 10. The van der Waals surface area contributed by atoms with Gasteiger partial charge in [0.25, 0.3) is 5.56 Å². The first-order valence-corrected chi connectivity index (χ1v) is 12.3. The number of carbonyl (C=O) groups excluding carboxylic acids is 2. The minimum Gasteiger partial charge on any atom is -0.469 e. The molecule has 7 heteroatoms. The average molecular weight is 514 g/mol. The number of pyridine rings is 1. The molecule has 0 fully saturated rings. The fourth-order valence-electron chi connectivity index (χ4n) is 4.43. The minimum atomic E-state index is -1.16. The number of hydrogen-bond acceptors (Lipinski definition) is 5. The zero-order chi connectivity index (χ0) is 27.1. The van der Waals surface area contributed by atoms with E-state index in [1.54, 1.807) is 34.9 Å². The van der Waals surface area contributed by atoms with Gasteiger partial charge in [-0.3, -0.25) is 14.4 Å². The molecule has 1 N–H and O–H groups in total. The number of fused-ring (bicyclic) bond motifs is 1. The molecule has 6 nitrogen and oxygen atoms in total. The largest absolute Gasteiger partial charge is 0.469 e. The molecule has 0 spiro atoms. The maximum Gasteiger partial charge on any atom is 0.313 e. The number of ether oxygens (including phenoxy) is 1. The topological polar surface area (TPSA) is 85.6 Å². The quantitative estimate of drug-likeness (QED) is 0.240. The molecule has 0 bridgehead atoms. The van der Waals surface area contributed by atoms with Crippen LogP contribution >= 0.6 is 0 Å². The van der Waals surface area contributed by atoms with Gasteiger partial charge in [0, 0.05) is 23.9 Å². The highest BCUT2D eigenvalue weighted by atomic mass is 19.1. The third-order valence-electron chi connectivity index (χ3n) is 6.29. The maximum absolute atomic E-state index is 13.8. The fourth-order valence-corrected chi connectivity index (χ4v) is 4.43. The predicted octanol–water partition coefficient (Wildman–Crippen LogP) is 4.95. The van der Waals surface area contributed by atoms with Gasteiger partial charge in [0.2, 0.25) is 0 Å². The molecule has 1 aromatic heterocycles. The molecular formula is C31H28FNO5. The van der Waals surface area contributed by atoms with E-state index in [9.17, 15) is 23.9 Å². The van der Waals surface area contributed by atoms with Crippen LogP contribution in [-0.4, -0.2) is 34.6 Å². The van der Waals surface area contributed by atoms with Gasteiger partial charge in [0.1, 0.15) is 18.0 Å². The van der Waals surface area contributed by atoms with Crippen molar-refractivity contribution < 1.29 is 23.8 Å². The van der Waals surface area contributed by atoms with Crippen LogP contribution < -0.4 is 5.56 Å². The Kier molecular flexibility index (Phi) is 8.61. The summed E-state index contributed by atoms with van der Waals surface area (Å²) in [5.74, 6) is -1.52. The summed E-state index contributed by atoms with van der Waals surface area (Å²) in [6.07, 6.45) is 1.90. The Hall–Kier alpha value is -4.36. The Labute approximate surface area is 219 Å². The minimum absolute atomic E-state index is 0.179. The molecule has 0 aliphatic heterocycles. The Balaban J connectivity index is 1.82. The normalized spacial score (nSPS) is 12.1. The van der Waals surface area contributed by atoms with E-state index in [1.807, 2.05) is 42.5 Å². The summed E-state index contributed by atoms with van der Waals surface area (Å²) in [5.41, 5.74) is 2.75. The summed E-state index contributed by atoms with van der Waals surface area (Å²) < 4.78 is 20.0. The number of halogens is 1. The van der Waals surface area contributed by atoms with Gasteiger partial charge in [-0.1, -0.05) is 60.7 Å². The number of benzene rings is 3. The van der Waals surface area contributed by atoms with E-state index in [0.717, 1.165) is 5.56 Å². The Morgan fingerprint density at radius 2 is 1.63 bits per heavy atom. The van der Waals surface area contributed by atoms with Crippen LogP contribution in [0.15, 0.2) is 89.7 Å². The van der Waals surface area contributed by atoms with Crippen molar-refractivity contribution >= 4 is 28.6 Å². The lowest BCUT2D eigenvalue weighted by Gasteiger charge is -2.19. The molecule has 0 saturated heterocycles. The van der Waals surface area contributed by atoms with E-state index in [0.29, 0.717) is 40.6 Å². The highest BCUT2D eigenvalue weighted by Crippen LogP contribution is 2.30. The Bertz CT molecular complexity index is 1520. The Morgan fingerprint density at radius 3 is 2.32 bits per heavy atom. The van der Waals surface area contributed by atoms with Crippen molar-refractivity contribution in [1.29, 1.82) is 0 Å². The number of Topliss-reactive ketones (excluding diaryl/α,β-unsaturated/α-hetero) is 1. The monoisotopic (exact) mass is 513 g/mol. The summed E-state index contributed by atoms with van der Waals surface area (Å²) >= 11 is 0. The van der Waals surface area contributed by atoms with Gasteiger partial charge in [-0.25, -0.2) is 4.39 Å². The van der Waals surface area contributed by atoms with Crippen molar-refractivity contribution in [3.05, 3.63) is 112 Å². The van der Waals surface area contributed by atoms with E-state index < -0.39 is 30.1 Å². The summed E-state index contributed by atoms with van der Waals surface area (Å²) in [6, 6.07) is 22.9. The van der Waals surface area contributed by atoms with Crippen molar-refractivity contribution in [2.24, 2.45) is 0 Å². The SMILES string of the molecule is COC(=O)CC(=O)CC(O)/C=C/c1c(-c2ccc(F)cc2)n(CCc2ccccc2)c(=O)c2ccccc12. The highest BCUT2D eigenvalue weighted by Gasteiger charge is 2.18. The van der Waals surface area contributed by atoms with Crippen LogP contribution in [0.25, 0.3) is 28.1 Å². The predicted molar refractivity (Wildman–Crippen MR) is 145 cm³/mol. The average Bonchev–Trinajstić information content (AvgIpc) is 2.92. The molecule has 0 amide bonds. The number of hydrogen-bond donors (Lipinski definition) is 1. The number of aliphatic hydroxyl groups excluding tert-OH is 1. The number of aryl methyl sites for hydroxylation is 1. The van der Waals surface area contributed by atoms with E-state index in [-0.39, 0.29) is 12.0 Å². The smallest absolute Gasteiger partial charge is 0.313 e. The van der Waals surface area contributed by atoms with Crippen molar-refractivity contribution in [2.75, 3.05) is 7.11 Å². The van der Waals surface area contributed by atoms with E-state index in [1.165, 1.54) is 25.3 Å². The molecular weight excluding hydrogens is 485 g/mol. The highest BCUT2D eigenvalue weighted by molar-refractivity contribution is 5.97. The molecule has 4 rings (SSSR count). The van der Waals surface area contributed by atoms with Crippen molar-refractivity contribution in [3.8, 4) is 11.3 Å². The lowest BCUT2D eigenvalue weighted by molar-refractivity contribution is -0.143. The van der Waals surface area contributed by atoms with Gasteiger partial charge in [-0.2, -0.15) is 0 Å². The van der Waals surface area contributed by atoms with E-state index in [4.69, 9.17) is 0 Å². The zero-order valence-electron chi connectivity index (χ0n) is 21.0. The van der Waals surface area contributed by atoms with Gasteiger partial charge in [0.15, 0.2) is 0 Å². The van der Waals surface area contributed by atoms with Gasteiger partial charge in [-0.15, -0.1) is 0 Å². The van der Waals surface area contributed by atoms with Crippen molar-refractivity contribution in [3.63, 3.8) is 0 Å². The summed E-state index contributed by atoms with van der Waals surface area (Å²) in [7, 11) is 1.20. The Morgan fingerprint density at radius 1 is 0.974 bits per heavy atom. The summed E-state index contributed by atoms with van der Waals surface area (Å²) in [5, 5.41) is 11.7. The number of aliphatic hydroxyl groups is 1. The second-order valence-corrected chi connectivity index (χ2v) is 8.93. The third kappa shape index (κ3) is 6.30. The molecule has 0 aliphatic rings. The first-order chi connectivity index (χ1) is 18.4. The fraction of sp³-hybridized carbons (Fsp3) is 0.194. The molecule has 3 aromatic carbocycles. The van der Waals surface area contributed by atoms with Gasteiger partial charge >= 0.3 is 5.97 Å². The summed E-state index contributed by atoms with van der Waals surface area (Å²) in [4.78, 5) is 37.2. The molecule has 1 atom stereocenters. The number of esters is 1. The van der Waals surface area contributed by atoms with E-state index in [2.05, 4.69) is 4.74 Å². The molecule has 0 radical (unpaired) electrons. The second-order valence-electron chi connectivity index (χ2n) is 8.93. The number of nitrogens with zero attached hydrogens (tertiary/aromatic N) is 1. The van der Waals surface area contributed by atoms with Crippen molar-refractivity contribution in [2.45, 2.75) is 31.9 Å². The van der Waals surface area contributed by atoms with E-state index >= 15 is 0 Å². The van der Waals surface area contributed by atoms with Crippen LogP contribution in [0.5, 0.6) is 0 Å². The molecule has 194 valence electrons. The summed E-state index contributed by atoms with van der Waals surface area (Å²) in [6.45, 7) is 0.376. The van der Waals surface area contributed by atoms with Crippen LogP contribution in [0.4, 0.5) is 4.39 Å². The lowest BCUT2D eigenvalue weighted by atomic mass is 9.97. The molecule has 1 heterocycles. The standard InChI is InChI=1S/C31H28FNO5/c1-38-29(36)20-25(35)19-24(34)15-16-27-26-9-5-6-10-28(26)31(37)33(18-17-21-7-3-2-4-8-21)30(27)22-11-13-23(32)14-12-22/h2-16,24,34H,17-20H2,1H3/b16-15+. The van der Waals surface area contributed by atoms with Gasteiger partial charge in [0.05, 0.1) is 18.9 Å². The number of aromatic nitrogens is 1. The van der Waals surface area contributed by atoms with Crippen LogP contribution in [-0.2, 0) is 27.3 Å². The van der Waals surface area contributed by atoms with Crippen LogP contribution in [0.2, 0.25) is 0 Å². The number of methoxy groups -OCH3 is 1. The number of carbonyl (C=O) groups is 2. The van der Waals surface area contributed by atoms with Crippen LogP contribution in [0, 0.1) is 5.82 Å². The van der Waals surface area contributed by atoms with Crippen molar-refractivity contribution in [1.82, 2.24) is 4.57 Å². The van der Waals surface area contributed by atoms with Gasteiger partial charge < -0.3 is 14.4 Å². The second kappa shape index (κ2) is 12.3. The maximum atomic E-state index is 13.8. The van der Waals surface area contributed by atoms with Crippen LogP contribution in [0.3, 0.4) is 0 Å². The molecule has 0 aliphatic carbocycles. The first kappa shape index (κ1) is 26.7. The van der Waals surface area contributed by atoms with Crippen LogP contribution in [0.1, 0.15) is 24.0 Å². The molecule has 38 heavy (non-hydrogen) atoms. The molecule has 4 aromatic rings.